The molecule has 0 radical (unpaired) electrons. The van der Waals surface area contributed by atoms with Crippen molar-refractivity contribution in [2.24, 2.45) is 0 Å². The van der Waals surface area contributed by atoms with Crippen LogP contribution < -0.4 is 5.32 Å². The van der Waals surface area contributed by atoms with Crippen LogP contribution in [0.25, 0.3) is 0 Å². The molecule has 0 amide bonds. The van der Waals surface area contributed by atoms with Gasteiger partial charge in [-0.25, -0.2) is 4.98 Å². The molecule has 0 aliphatic heterocycles. The topological polar surface area (TPSA) is 24.9 Å². The van der Waals surface area contributed by atoms with Crippen LogP contribution in [0.15, 0.2) is 16.7 Å². The summed E-state index contributed by atoms with van der Waals surface area (Å²) in [5.74, 6) is 0. The lowest BCUT2D eigenvalue weighted by molar-refractivity contribution is 0.763. The molecule has 1 N–H and O–H groups in total. The Morgan fingerprint density at radius 2 is 2.38 bits per heavy atom. The largest absolute Gasteiger partial charge is 0.381 e. The maximum Gasteiger partial charge on any atom is 0.143 e. The lowest BCUT2D eigenvalue weighted by atomic mass is 10.2. The van der Waals surface area contributed by atoms with Crippen LogP contribution in [-0.4, -0.2) is 11.0 Å². The van der Waals surface area contributed by atoms with E-state index in [1.807, 2.05) is 6.07 Å². The smallest absolute Gasteiger partial charge is 0.143 e. The summed E-state index contributed by atoms with van der Waals surface area (Å²) >= 11 is 9.09. The van der Waals surface area contributed by atoms with Gasteiger partial charge in [0.05, 0.1) is 16.4 Å². The first-order valence-corrected chi connectivity index (χ1v) is 5.38. The van der Waals surface area contributed by atoms with Gasteiger partial charge in [0.15, 0.2) is 0 Å². The van der Waals surface area contributed by atoms with Crippen molar-refractivity contribution in [3.05, 3.63) is 21.9 Å². The average molecular weight is 264 g/mol. The van der Waals surface area contributed by atoms with Crippen LogP contribution >= 0.6 is 27.5 Å². The molecule has 0 aromatic carbocycles. The van der Waals surface area contributed by atoms with Crippen molar-refractivity contribution in [3.63, 3.8) is 0 Å². The number of hydrogen-bond acceptors (Lipinski definition) is 2. The molecule has 0 saturated heterocycles. The van der Waals surface area contributed by atoms with Gasteiger partial charge in [-0.15, -0.1) is 0 Å². The zero-order valence-corrected chi connectivity index (χ0v) is 9.98. The molecule has 0 bridgehead atoms. The number of aromatic nitrogens is 1. The Morgan fingerprint density at radius 3 is 2.92 bits per heavy atom. The summed E-state index contributed by atoms with van der Waals surface area (Å²) in [6.07, 6.45) is 2.82. The average Bonchev–Trinajstić information content (AvgIpc) is 2.11. The molecule has 0 aliphatic rings. The second-order valence-corrected chi connectivity index (χ2v) is 4.16. The van der Waals surface area contributed by atoms with Crippen molar-refractivity contribution in [2.75, 3.05) is 5.32 Å². The summed E-state index contributed by atoms with van der Waals surface area (Å²) in [5, 5.41) is 3.80. The zero-order valence-electron chi connectivity index (χ0n) is 7.64. The molecule has 1 aromatic rings. The molecule has 13 heavy (non-hydrogen) atoms. The van der Waals surface area contributed by atoms with Crippen molar-refractivity contribution >= 4 is 33.2 Å². The van der Waals surface area contributed by atoms with Crippen molar-refractivity contribution in [3.8, 4) is 0 Å². The zero-order chi connectivity index (χ0) is 9.84. The number of anilines is 1. The molecule has 2 nitrogen and oxygen atoms in total. The van der Waals surface area contributed by atoms with Gasteiger partial charge in [0.1, 0.15) is 5.15 Å². The first kappa shape index (κ1) is 10.8. The summed E-state index contributed by atoms with van der Waals surface area (Å²) in [7, 11) is 0. The Bertz CT molecular complexity index is 291. The van der Waals surface area contributed by atoms with Gasteiger partial charge in [0.2, 0.25) is 0 Å². The highest BCUT2D eigenvalue weighted by molar-refractivity contribution is 9.10. The predicted molar refractivity (Wildman–Crippen MR) is 60.3 cm³/mol. The second kappa shape index (κ2) is 4.82. The standard InChI is InChI=1S/C9H12BrClN2/c1-3-6(2)13-7-4-8(10)9(11)12-5-7/h4-6,13H,3H2,1-2H3. The van der Waals surface area contributed by atoms with Gasteiger partial charge < -0.3 is 5.32 Å². The van der Waals surface area contributed by atoms with E-state index in [1.54, 1.807) is 6.20 Å². The molecule has 1 rings (SSSR count). The first-order chi connectivity index (χ1) is 6.13. The third-order valence-electron chi connectivity index (χ3n) is 1.82. The molecular formula is C9H12BrClN2. The highest BCUT2D eigenvalue weighted by Gasteiger charge is 2.02. The van der Waals surface area contributed by atoms with Crippen molar-refractivity contribution < 1.29 is 0 Å². The van der Waals surface area contributed by atoms with E-state index in [4.69, 9.17) is 11.6 Å². The fourth-order valence-electron chi connectivity index (χ4n) is 0.887. The maximum atomic E-state index is 5.77. The summed E-state index contributed by atoms with van der Waals surface area (Å²) in [5.41, 5.74) is 0.991. The van der Waals surface area contributed by atoms with Crippen LogP contribution in [0.5, 0.6) is 0 Å². The highest BCUT2D eigenvalue weighted by Crippen LogP contribution is 2.23. The minimum atomic E-state index is 0.454. The van der Waals surface area contributed by atoms with Crippen molar-refractivity contribution in [2.45, 2.75) is 26.3 Å². The lowest BCUT2D eigenvalue weighted by Gasteiger charge is -2.12. The Morgan fingerprint density at radius 1 is 1.69 bits per heavy atom. The fraction of sp³-hybridized carbons (Fsp3) is 0.444. The Labute approximate surface area is 91.8 Å². The normalized spacial score (nSPS) is 12.6. The maximum absolute atomic E-state index is 5.77. The molecule has 72 valence electrons. The number of hydrogen-bond donors (Lipinski definition) is 1. The van der Waals surface area contributed by atoms with E-state index < -0.39 is 0 Å². The fourth-order valence-corrected chi connectivity index (χ4v) is 1.34. The number of nitrogens with zero attached hydrogens (tertiary/aromatic N) is 1. The SMILES string of the molecule is CCC(C)Nc1cnc(Cl)c(Br)c1. The van der Waals surface area contributed by atoms with Gasteiger partial charge in [0, 0.05) is 6.04 Å². The quantitative estimate of drug-likeness (QED) is 0.841. The third kappa shape index (κ3) is 3.16. The molecule has 1 aromatic heterocycles. The highest BCUT2D eigenvalue weighted by atomic mass is 79.9. The van der Waals surface area contributed by atoms with Gasteiger partial charge in [-0.1, -0.05) is 18.5 Å². The van der Waals surface area contributed by atoms with E-state index in [2.05, 4.69) is 40.1 Å². The van der Waals surface area contributed by atoms with E-state index >= 15 is 0 Å². The predicted octanol–water partition coefficient (Wildman–Crippen LogP) is 3.71. The van der Waals surface area contributed by atoms with Gasteiger partial charge in [0.25, 0.3) is 0 Å². The first-order valence-electron chi connectivity index (χ1n) is 4.21. The molecule has 1 heterocycles. The lowest BCUT2D eigenvalue weighted by Crippen LogP contribution is -2.13. The van der Waals surface area contributed by atoms with Crippen LogP contribution in [0.1, 0.15) is 20.3 Å². The minimum Gasteiger partial charge on any atom is -0.381 e. The monoisotopic (exact) mass is 262 g/mol. The Balaban J connectivity index is 2.73. The van der Waals surface area contributed by atoms with Crippen LogP contribution in [-0.2, 0) is 0 Å². The van der Waals surface area contributed by atoms with Crippen molar-refractivity contribution in [1.82, 2.24) is 4.98 Å². The molecular weight excluding hydrogens is 251 g/mol. The number of pyridine rings is 1. The molecule has 0 saturated carbocycles. The van der Waals surface area contributed by atoms with E-state index in [9.17, 15) is 0 Å². The number of nitrogens with one attached hydrogen (secondary N) is 1. The molecule has 4 heteroatoms. The summed E-state index contributed by atoms with van der Waals surface area (Å²) in [6, 6.07) is 2.39. The van der Waals surface area contributed by atoms with Gasteiger partial charge in [-0.05, 0) is 35.3 Å². The molecule has 1 unspecified atom stereocenters. The summed E-state index contributed by atoms with van der Waals surface area (Å²) in [4.78, 5) is 4.02. The van der Waals surface area contributed by atoms with Crippen molar-refractivity contribution in [1.29, 1.82) is 0 Å². The number of rotatable bonds is 3. The molecule has 1 atom stereocenters. The second-order valence-electron chi connectivity index (χ2n) is 2.95. The third-order valence-corrected chi connectivity index (χ3v) is 2.96. The van der Waals surface area contributed by atoms with E-state index in [-0.39, 0.29) is 0 Å². The van der Waals surface area contributed by atoms with E-state index in [0.717, 1.165) is 16.6 Å². The Kier molecular flexibility index (Phi) is 4.00. The van der Waals surface area contributed by atoms with Gasteiger partial charge in [-0.2, -0.15) is 0 Å². The Hall–Kier alpha value is -0.280. The molecule has 0 aliphatic carbocycles. The van der Waals surface area contributed by atoms with E-state index in [1.165, 1.54) is 0 Å². The minimum absolute atomic E-state index is 0.454. The summed E-state index contributed by atoms with van der Waals surface area (Å²) in [6.45, 7) is 4.26. The molecule has 0 spiro atoms. The molecule has 0 fully saturated rings. The van der Waals surface area contributed by atoms with Crippen LogP contribution in [0.4, 0.5) is 5.69 Å². The summed E-state index contributed by atoms with van der Waals surface area (Å²) < 4.78 is 0.822. The van der Waals surface area contributed by atoms with Gasteiger partial charge in [-0.3, -0.25) is 0 Å². The van der Waals surface area contributed by atoms with Crippen LogP contribution in [0, 0.1) is 0 Å². The van der Waals surface area contributed by atoms with E-state index in [0.29, 0.717) is 11.2 Å². The van der Waals surface area contributed by atoms with Crippen LogP contribution in [0.3, 0.4) is 0 Å². The van der Waals surface area contributed by atoms with Crippen LogP contribution in [0.2, 0.25) is 5.15 Å². The van der Waals surface area contributed by atoms with Gasteiger partial charge >= 0.3 is 0 Å². The number of halogens is 2.